The molecule has 0 atom stereocenters. The lowest BCUT2D eigenvalue weighted by Gasteiger charge is -2.36. The lowest BCUT2D eigenvalue weighted by molar-refractivity contribution is -0.124. The van der Waals surface area contributed by atoms with Gasteiger partial charge in [-0.3, -0.25) is 14.7 Å². The highest BCUT2D eigenvalue weighted by Gasteiger charge is 2.25. The molecule has 2 aromatic carbocycles. The molecule has 1 amide bonds. The van der Waals surface area contributed by atoms with Gasteiger partial charge in [0.1, 0.15) is 0 Å². The van der Waals surface area contributed by atoms with E-state index in [-0.39, 0.29) is 11.3 Å². The number of amides is 1. The number of nitrogens with zero attached hydrogens (tertiary/aromatic N) is 3. The molecule has 3 aromatic rings. The van der Waals surface area contributed by atoms with Gasteiger partial charge >= 0.3 is 0 Å². The van der Waals surface area contributed by atoms with Gasteiger partial charge in [-0.25, -0.2) is 0 Å². The lowest BCUT2D eigenvalue weighted by Crippen LogP contribution is -2.47. The molecule has 0 bridgehead atoms. The first-order valence-corrected chi connectivity index (χ1v) is 12.1. The van der Waals surface area contributed by atoms with Crippen LogP contribution >= 0.6 is 0 Å². The molecule has 33 heavy (non-hydrogen) atoms. The van der Waals surface area contributed by atoms with Gasteiger partial charge in [0.2, 0.25) is 5.91 Å². The van der Waals surface area contributed by atoms with E-state index >= 15 is 0 Å². The second-order valence-electron chi connectivity index (χ2n) is 9.77. The molecular formula is C28H36N4O. The van der Waals surface area contributed by atoms with Crippen LogP contribution < -0.4 is 10.2 Å². The number of pyridine rings is 1. The first-order valence-electron chi connectivity index (χ1n) is 12.1. The summed E-state index contributed by atoms with van der Waals surface area (Å²) in [6.07, 6.45) is 1.80. The van der Waals surface area contributed by atoms with E-state index < -0.39 is 0 Å². The number of nitrogens with one attached hydrogen (secondary N) is 1. The summed E-state index contributed by atoms with van der Waals surface area (Å²) in [6.45, 7) is 13.2. The summed E-state index contributed by atoms with van der Waals surface area (Å²) in [5, 5.41) is 4.33. The van der Waals surface area contributed by atoms with Crippen LogP contribution in [0.2, 0.25) is 0 Å². The topological polar surface area (TPSA) is 48.5 Å². The van der Waals surface area contributed by atoms with Crippen LogP contribution in [0.3, 0.4) is 0 Å². The average Bonchev–Trinajstić information content (AvgIpc) is 2.82. The number of carbonyl (C=O) groups is 1. The number of hydrogen-bond acceptors (Lipinski definition) is 4. The fourth-order valence-electron chi connectivity index (χ4n) is 4.28. The summed E-state index contributed by atoms with van der Waals surface area (Å²) < 4.78 is 0. The quantitative estimate of drug-likeness (QED) is 0.538. The highest BCUT2D eigenvalue weighted by atomic mass is 16.2. The normalized spacial score (nSPS) is 15.1. The van der Waals surface area contributed by atoms with E-state index in [1.54, 1.807) is 0 Å². The van der Waals surface area contributed by atoms with Crippen molar-refractivity contribution in [2.24, 2.45) is 5.41 Å². The van der Waals surface area contributed by atoms with Gasteiger partial charge in [-0.05, 0) is 61.7 Å². The standard InChI is InChI=1S/C28H36N4O/c1-5-28(3,4)27(33)30-23-9-6-8-22(20-23)14-15-31-16-18-32(19-17-31)26-11-7-10-25-24(26)13-12-21(2)29-25/h6-13,20H,5,14-19H2,1-4H3,(H,30,33). The van der Waals surface area contributed by atoms with Crippen molar-refractivity contribution < 1.29 is 4.79 Å². The monoisotopic (exact) mass is 444 g/mol. The third-order valence-electron chi connectivity index (χ3n) is 6.96. The molecule has 0 radical (unpaired) electrons. The predicted molar refractivity (Wildman–Crippen MR) is 138 cm³/mol. The number of fused-ring (bicyclic) bond motifs is 1. The summed E-state index contributed by atoms with van der Waals surface area (Å²) in [6, 6.07) is 19.0. The zero-order valence-corrected chi connectivity index (χ0v) is 20.4. The van der Waals surface area contributed by atoms with Gasteiger partial charge in [-0.1, -0.05) is 39.0 Å². The van der Waals surface area contributed by atoms with Crippen molar-refractivity contribution in [3.63, 3.8) is 0 Å². The minimum absolute atomic E-state index is 0.0806. The maximum absolute atomic E-state index is 12.5. The molecule has 5 heteroatoms. The molecule has 1 fully saturated rings. The molecule has 0 spiro atoms. The number of hydrogen-bond donors (Lipinski definition) is 1. The highest BCUT2D eigenvalue weighted by Crippen LogP contribution is 2.27. The van der Waals surface area contributed by atoms with Gasteiger partial charge in [0.25, 0.3) is 0 Å². The van der Waals surface area contributed by atoms with E-state index in [2.05, 4.69) is 62.6 Å². The zero-order chi connectivity index (χ0) is 23.4. The fourth-order valence-corrected chi connectivity index (χ4v) is 4.28. The van der Waals surface area contributed by atoms with E-state index in [0.29, 0.717) is 0 Å². The first-order chi connectivity index (χ1) is 15.9. The Kier molecular flexibility index (Phi) is 6.99. The van der Waals surface area contributed by atoms with Crippen molar-refractivity contribution in [1.82, 2.24) is 9.88 Å². The van der Waals surface area contributed by atoms with Gasteiger partial charge in [-0.2, -0.15) is 0 Å². The molecule has 4 rings (SSSR count). The van der Waals surface area contributed by atoms with E-state index in [1.807, 2.05) is 39.8 Å². The Hall–Kier alpha value is -2.92. The number of aryl methyl sites for hydroxylation is 1. The molecule has 0 unspecified atom stereocenters. The Bertz CT molecular complexity index is 1120. The van der Waals surface area contributed by atoms with Crippen molar-refractivity contribution in [3.8, 4) is 0 Å². The number of piperazine rings is 1. The van der Waals surface area contributed by atoms with Gasteiger partial charge in [0, 0.05) is 60.6 Å². The first kappa shape index (κ1) is 23.2. The summed E-state index contributed by atoms with van der Waals surface area (Å²) in [5.74, 6) is 0.0806. The fraction of sp³-hybridized carbons (Fsp3) is 0.429. The SMILES string of the molecule is CCC(C)(C)C(=O)Nc1cccc(CCN2CCN(c3cccc4nc(C)ccc34)CC2)c1. The molecule has 1 aliphatic rings. The summed E-state index contributed by atoms with van der Waals surface area (Å²) in [5.41, 5.74) is 5.22. The second kappa shape index (κ2) is 9.92. The van der Waals surface area contributed by atoms with Crippen LogP contribution in [0.5, 0.6) is 0 Å². The summed E-state index contributed by atoms with van der Waals surface area (Å²) in [4.78, 5) is 22.2. The Morgan fingerprint density at radius 1 is 1.03 bits per heavy atom. The third-order valence-corrected chi connectivity index (χ3v) is 6.96. The van der Waals surface area contributed by atoms with Crippen LogP contribution in [-0.2, 0) is 11.2 Å². The summed E-state index contributed by atoms with van der Waals surface area (Å²) >= 11 is 0. The van der Waals surface area contributed by atoms with Crippen molar-refractivity contribution in [2.45, 2.75) is 40.5 Å². The van der Waals surface area contributed by atoms with Crippen molar-refractivity contribution in [3.05, 3.63) is 65.9 Å². The maximum atomic E-state index is 12.5. The van der Waals surface area contributed by atoms with E-state index in [9.17, 15) is 4.79 Å². The smallest absolute Gasteiger partial charge is 0.230 e. The maximum Gasteiger partial charge on any atom is 0.230 e. The Morgan fingerprint density at radius 2 is 1.79 bits per heavy atom. The predicted octanol–water partition coefficient (Wildman–Crippen LogP) is 5.28. The van der Waals surface area contributed by atoms with Gasteiger partial charge in [0.05, 0.1) is 5.52 Å². The molecule has 0 saturated carbocycles. The Balaban J connectivity index is 1.32. The highest BCUT2D eigenvalue weighted by molar-refractivity contribution is 5.94. The van der Waals surface area contributed by atoms with Crippen LogP contribution in [0, 0.1) is 12.3 Å². The Labute approximate surface area is 197 Å². The zero-order valence-electron chi connectivity index (χ0n) is 20.4. The second-order valence-corrected chi connectivity index (χ2v) is 9.77. The van der Waals surface area contributed by atoms with Crippen LogP contribution in [0.4, 0.5) is 11.4 Å². The van der Waals surface area contributed by atoms with Crippen molar-refractivity contribution >= 4 is 28.2 Å². The molecule has 0 aliphatic carbocycles. The molecule has 1 saturated heterocycles. The van der Waals surface area contributed by atoms with Crippen LogP contribution in [0.25, 0.3) is 10.9 Å². The Morgan fingerprint density at radius 3 is 2.55 bits per heavy atom. The number of aromatic nitrogens is 1. The minimum atomic E-state index is -0.353. The molecule has 1 aliphatic heterocycles. The van der Waals surface area contributed by atoms with E-state index in [4.69, 9.17) is 0 Å². The largest absolute Gasteiger partial charge is 0.368 e. The van der Waals surface area contributed by atoms with Crippen LogP contribution in [-0.4, -0.2) is 48.5 Å². The molecule has 5 nitrogen and oxygen atoms in total. The van der Waals surface area contributed by atoms with Gasteiger partial charge in [0.15, 0.2) is 0 Å². The molecule has 174 valence electrons. The van der Waals surface area contributed by atoms with Crippen LogP contribution in [0.1, 0.15) is 38.4 Å². The molecule has 1 aromatic heterocycles. The van der Waals surface area contributed by atoms with Gasteiger partial charge in [-0.15, -0.1) is 0 Å². The van der Waals surface area contributed by atoms with Crippen molar-refractivity contribution in [2.75, 3.05) is 42.9 Å². The number of anilines is 2. The minimum Gasteiger partial charge on any atom is -0.368 e. The molecule has 1 N–H and O–H groups in total. The lowest BCUT2D eigenvalue weighted by atomic mass is 9.89. The van der Waals surface area contributed by atoms with Crippen LogP contribution in [0.15, 0.2) is 54.6 Å². The summed E-state index contributed by atoms with van der Waals surface area (Å²) in [7, 11) is 0. The number of carbonyl (C=O) groups excluding carboxylic acids is 1. The number of rotatable bonds is 7. The average molecular weight is 445 g/mol. The third kappa shape index (κ3) is 5.53. The van der Waals surface area contributed by atoms with E-state index in [0.717, 1.165) is 62.5 Å². The molecule has 2 heterocycles. The number of benzene rings is 2. The van der Waals surface area contributed by atoms with Gasteiger partial charge < -0.3 is 10.2 Å². The van der Waals surface area contributed by atoms with E-state index in [1.165, 1.54) is 16.6 Å². The molecular weight excluding hydrogens is 408 g/mol. The van der Waals surface area contributed by atoms with Crippen molar-refractivity contribution in [1.29, 1.82) is 0 Å².